The molecule has 1 fully saturated rings. The summed E-state index contributed by atoms with van der Waals surface area (Å²) in [5, 5.41) is 8.57. The normalized spacial score (nSPS) is 19.5. The monoisotopic (exact) mass is 381 g/mol. The molecule has 6 nitrogen and oxygen atoms in total. The zero-order chi connectivity index (χ0) is 19.5. The zero-order valence-electron chi connectivity index (χ0n) is 16.2. The van der Waals surface area contributed by atoms with Crippen LogP contribution in [-0.2, 0) is 6.42 Å². The Kier molecular flexibility index (Phi) is 5.32. The second kappa shape index (κ2) is 8.04. The van der Waals surface area contributed by atoms with Crippen molar-refractivity contribution in [1.29, 1.82) is 0 Å². The average Bonchev–Trinajstić information content (AvgIpc) is 3.10. The fourth-order valence-corrected chi connectivity index (χ4v) is 3.76. The van der Waals surface area contributed by atoms with E-state index in [1.54, 1.807) is 23.0 Å². The first kappa shape index (κ1) is 18.5. The summed E-state index contributed by atoms with van der Waals surface area (Å²) in [5.41, 5.74) is 0.876. The van der Waals surface area contributed by atoms with Gasteiger partial charge in [-0.25, -0.2) is 14.4 Å². The van der Waals surface area contributed by atoms with Crippen molar-refractivity contribution in [3.05, 3.63) is 59.7 Å². The highest BCUT2D eigenvalue weighted by Gasteiger charge is 2.29. The van der Waals surface area contributed by atoms with Crippen molar-refractivity contribution >= 4 is 0 Å². The van der Waals surface area contributed by atoms with E-state index in [1.165, 1.54) is 0 Å². The summed E-state index contributed by atoms with van der Waals surface area (Å²) in [6.45, 7) is 3.82. The quantitative estimate of drug-likeness (QED) is 0.664. The van der Waals surface area contributed by atoms with Crippen LogP contribution < -0.4 is 4.74 Å². The molecule has 0 atom stereocenters. The Bertz CT molecular complexity index is 935. The molecule has 0 unspecified atom stereocenters. The van der Waals surface area contributed by atoms with E-state index in [2.05, 4.69) is 20.2 Å². The van der Waals surface area contributed by atoms with E-state index in [1.807, 2.05) is 32.0 Å². The molecule has 0 radical (unpaired) electrons. The maximum atomic E-state index is 14.7. The van der Waals surface area contributed by atoms with Crippen molar-refractivity contribution in [2.45, 2.75) is 58.0 Å². The standard InChI is InChI=1S/C21H24FN5O/c1-3-15-12-18(22)21(24-13-15)27-14(2)25-26-20(27)16-7-9-17(10-8-16)28-19-6-4-5-11-23-19/h4-6,11-13,16-17H,3,7-10H2,1-2H3/t16-,17-. The van der Waals surface area contributed by atoms with Crippen LogP contribution in [0.3, 0.4) is 0 Å². The van der Waals surface area contributed by atoms with E-state index in [9.17, 15) is 4.39 Å². The van der Waals surface area contributed by atoms with Crippen molar-refractivity contribution in [1.82, 2.24) is 24.7 Å². The number of rotatable bonds is 5. The van der Waals surface area contributed by atoms with E-state index in [-0.39, 0.29) is 23.7 Å². The molecule has 0 amide bonds. The first-order valence-electron chi connectivity index (χ1n) is 9.80. The predicted octanol–water partition coefficient (Wildman–Crippen LogP) is 4.17. The van der Waals surface area contributed by atoms with Gasteiger partial charge in [0.2, 0.25) is 5.88 Å². The molecule has 7 heteroatoms. The summed E-state index contributed by atoms with van der Waals surface area (Å²) in [6, 6.07) is 7.22. The minimum atomic E-state index is -0.337. The highest BCUT2D eigenvalue weighted by atomic mass is 19.1. The maximum absolute atomic E-state index is 14.7. The number of ether oxygens (including phenoxy) is 1. The van der Waals surface area contributed by atoms with Crippen molar-refractivity contribution in [2.24, 2.45) is 0 Å². The van der Waals surface area contributed by atoms with Crippen LogP contribution in [0.25, 0.3) is 5.82 Å². The second-order valence-electron chi connectivity index (χ2n) is 7.20. The van der Waals surface area contributed by atoms with E-state index < -0.39 is 0 Å². The van der Waals surface area contributed by atoms with Crippen LogP contribution in [0, 0.1) is 12.7 Å². The zero-order valence-corrected chi connectivity index (χ0v) is 16.2. The Balaban J connectivity index is 1.51. The molecule has 0 saturated heterocycles. The molecule has 0 bridgehead atoms. The van der Waals surface area contributed by atoms with Gasteiger partial charge in [0.05, 0.1) is 0 Å². The number of hydrogen-bond acceptors (Lipinski definition) is 5. The number of pyridine rings is 2. The highest BCUT2D eigenvalue weighted by Crippen LogP contribution is 2.34. The van der Waals surface area contributed by atoms with Crippen LogP contribution >= 0.6 is 0 Å². The van der Waals surface area contributed by atoms with Gasteiger partial charge in [-0.05, 0) is 56.7 Å². The molecule has 3 heterocycles. The van der Waals surface area contributed by atoms with E-state index in [0.29, 0.717) is 11.7 Å². The van der Waals surface area contributed by atoms with Gasteiger partial charge in [-0.1, -0.05) is 13.0 Å². The van der Waals surface area contributed by atoms with Gasteiger partial charge in [0.25, 0.3) is 0 Å². The third-order valence-electron chi connectivity index (χ3n) is 5.31. The largest absolute Gasteiger partial charge is 0.474 e. The highest BCUT2D eigenvalue weighted by molar-refractivity contribution is 5.31. The average molecular weight is 381 g/mol. The minimum Gasteiger partial charge on any atom is -0.474 e. The topological polar surface area (TPSA) is 65.7 Å². The summed E-state index contributed by atoms with van der Waals surface area (Å²) in [4.78, 5) is 8.59. The summed E-state index contributed by atoms with van der Waals surface area (Å²) in [5.74, 6) is 2.24. The number of halogens is 1. The van der Waals surface area contributed by atoms with Gasteiger partial charge in [-0.15, -0.1) is 10.2 Å². The molecule has 0 spiro atoms. The molecule has 3 aromatic rings. The Morgan fingerprint density at radius 1 is 1.14 bits per heavy atom. The predicted molar refractivity (Wildman–Crippen MR) is 103 cm³/mol. The van der Waals surface area contributed by atoms with Crippen LogP contribution in [0.1, 0.15) is 55.7 Å². The van der Waals surface area contributed by atoms with Gasteiger partial charge in [0.1, 0.15) is 17.8 Å². The third-order valence-corrected chi connectivity index (χ3v) is 5.31. The molecule has 1 aliphatic carbocycles. The summed E-state index contributed by atoms with van der Waals surface area (Å²) >= 11 is 0. The molecule has 1 saturated carbocycles. The van der Waals surface area contributed by atoms with E-state index >= 15 is 0 Å². The van der Waals surface area contributed by atoms with Crippen LogP contribution in [0.4, 0.5) is 4.39 Å². The first-order chi connectivity index (χ1) is 13.7. The summed E-state index contributed by atoms with van der Waals surface area (Å²) < 4.78 is 22.4. The number of nitrogens with zero attached hydrogens (tertiary/aromatic N) is 5. The molecule has 4 rings (SSSR count). The van der Waals surface area contributed by atoms with Crippen molar-refractivity contribution in [2.75, 3.05) is 0 Å². The molecule has 1 aliphatic rings. The molecule has 3 aromatic heterocycles. The SMILES string of the molecule is CCc1cnc(-n2c(C)nnc2[C@H]2CC[C@H](Oc3ccccn3)CC2)c(F)c1. The fraction of sp³-hybridized carbons (Fsp3) is 0.429. The lowest BCUT2D eigenvalue weighted by atomic mass is 9.86. The van der Waals surface area contributed by atoms with Gasteiger partial charge < -0.3 is 4.74 Å². The Morgan fingerprint density at radius 2 is 1.96 bits per heavy atom. The van der Waals surface area contributed by atoms with Crippen LogP contribution in [0.5, 0.6) is 5.88 Å². The molecule has 0 N–H and O–H groups in total. The molecule has 146 valence electrons. The van der Waals surface area contributed by atoms with Crippen molar-refractivity contribution in [3.63, 3.8) is 0 Å². The summed E-state index contributed by atoms with van der Waals surface area (Å²) in [6.07, 6.45) is 7.96. The van der Waals surface area contributed by atoms with Crippen LogP contribution in [0.2, 0.25) is 0 Å². The third kappa shape index (κ3) is 3.74. The molecule has 0 aliphatic heterocycles. The fourth-order valence-electron chi connectivity index (χ4n) is 3.76. The number of hydrogen-bond donors (Lipinski definition) is 0. The lowest BCUT2D eigenvalue weighted by Crippen LogP contribution is -2.25. The van der Waals surface area contributed by atoms with Gasteiger partial charge in [-0.3, -0.25) is 4.57 Å². The van der Waals surface area contributed by atoms with Gasteiger partial charge in [0, 0.05) is 24.4 Å². The van der Waals surface area contributed by atoms with Crippen molar-refractivity contribution in [3.8, 4) is 11.7 Å². The molecular weight excluding hydrogens is 357 g/mol. The Hall–Kier alpha value is -2.83. The van der Waals surface area contributed by atoms with Gasteiger partial charge in [0.15, 0.2) is 11.6 Å². The summed E-state index contributed by atoms with van der Waals surface area (Å²) in [7, 11) is 0. The smallest absolute Gasteiger partial charge is 0.213 e. The Labute approximate surface area is 163 Å². The van der Waals surface area contributed by atoms with Gasteiger partial charge >= 0.3 is 0 Å². The number of aromatic nitrogens is 5. The van der Waals surface area contributed by atoms with Crippen molar-refractivity contribution < 1.29 is 9.13 Å². The number of aryl methyl sites for hydroxylation is 2. The Morgan fingerprint density at radius 3 is 2.64 bits per heavy atom. The van der Waals surface area contributed by atoms with E-state index in [0.717, 1.165) is 43.5 Å². The first-order valence-corrected chi connectivity index (χ1v) is 9.80. The lowest BCUT2D eigenvalue weighted by Gasteiger charge is -2.28. The van der Waals surface area contributed by atoms with E-state index in [4.69, 9.17) is 4.74 Å². The lowest BCUT2D eigenvalue weighted by molar-refractivity contribution is 0.139. The second-order valence-corrected chi connectivity index (χ2v) is 7.20. The maximum Gasteiger partial charge on any atom is 0.213 e. The van der Waals surface area contributed by atoms with Crippen LogP contribution in [0.15, 0.2) is 36.7 Å². The molecular formula is C21H24FN5O. The minimum absolute atomic E-state index is 0.141. The van der Waals surface area contributed by atoms with Gasteiger partial charge in [-0.2, -0.15) is 0 Å². The van der Waals surface area contributed by atoms with Crippen LogP contribution in [-0.4, -0.2) is 30.8 Å². The molecule has 0 aromatic carbocycles. The molecule has 28 heavy (non-hydrogen) atoms.